The summed E-state index contributed by atoms with van der Waals surface area (Å²) in [5.74, 6) is 0. The lowest BCUT2D eigenvalue weighted by Gasteiger charge is -2.28. The van der Waals surface area contributed by atoms with Crippen LogP contribution < -0.4 is 0 Å². The topological polar surface area (TPSA) is 18.5 Å². The van der Waals surface area contributed by atoms with Gasteiger partial charge in [0.1, 0.15) is 0 Å². The first-order valence-electron chi connectivity index (χ1n) is 5.08. The maximum Gasteiger partial charge on any atom is 0.337 e. The van der Waals surface area contributed by atoms with Gasteiger partial charge in [-0.05, 0) is 32.4 Å². The molecule has 0 aromatic carbocycles. The first-order valence-corrected chi connectivity index (χ1v) is 8.43. The molecule has 2 nitrogen and oxygen atoms in total. The summed E-state index contributed by atoms with van der Waals surface area (Å²) in [6.07, 6.45) is 1.15. The van der Waals surface area contributed by atoms with E-state index in [0.717, 1.165) is 37.1 Å². The minimum Gasteiger partial charge on any atom is -0.394 e. The largest absolute Gasteiger partial charge is 0.394 e. The van der Waals surface area contributed by atoms with Crippen LogP contribution in [0.2, 0.25) is 12.1 Å². The molecule has 80 valence electrons. The summed E-state index contributed by atoms with van der Waals surface area (Å²) in [5, 5.41) is 1.04. The predicted octanol–water partition coefficient (Wildman–Crippen LogP) is 3.31. The lowest BCUT2D eigenvalue weighted by atomic mass is 10.6. The molecule has 0 radical (unpaired) electrons. The van der Waals surface area contributed by atoms with Crippen molar-refractivity contribution in [3.63, 3.8) is 0 Å². The van der Waals surface area contributed by atoms with Gasteiger partial charge in [-0.25, -0.2) is 0 Å². The van der Waals surface area contributed by atoms with E-state index in [1.807, 2.05) is 13.8 Å². The van der Waals surface area contributed by atoms with E-state index in [4.69, 9.17) is 8.85 Å². The summed E-state index contributed by atoms with van der Waals surface area (Å²) in [6.45, 7) is 7.82. The zero-order valence-corrected chi connectivity index (χ0v) is 11.5. The van der Waals surface area contributed by atoms with Crippen LogP contribution in [-0.4, -0.2) is 27.1 Å². The summed E-state index contributed by atoms with van der Waals surface area (Å²) in [4.78, 5) is 0. The van der Waals surface area contributed by atoms with Gasteiger partial charge in [-0.2, -0.15) is 0 Å². The van der Waals surface area contributed by atoms with Crippen molar-refractivity contribution in [2.45, 2.75) is 39.3 Å². The van der Waals surface area contributed by atoms with Crippen molar-refractivity contribution in [3.05, 3.63) is 0 Å². The monoisotopic (exact) mass is 268 g/mol. The maximum absolute atomic E-state index is 5.82. The number of halogens is 1. The van der Waals surface area contributed by atoms with E-state index in [-0.39, 0.29) is 0 Å². The molecular formula is C9H21BrO2Si. The maximum atomic E-state index is 5.82. The third-order valence-electron chi connectivity index (χ3n) is 2.04. The van der Waals surface area contributed by atoms with Crippen molar-refractivity contribution in [3.8, 4) is 0 Å². The molecule has 0 aromatic heterocycles. The smallest absolute Gasteiger partial charge is 0.337 e. The fraction of sp³-hybridized carbons (Fsp3) is 1.00. The Bertz CT molecular complexity index is 116. The highest BCUT2D eigenvalue weighted by Gasteiger charge is 2.33. The molecule has 0 aliphatic heterocycles. The van der Waals surface area contributed by atoms with Crippen molar-refractivity contribution in [1.82, 2.24) is 0 Å². The summed E-state index contributed by atoms with van der Waals surface area (Å²) >= 11 is 3.44. The van der Waals surface area contributed by atoms with Crippen LogP contribution in [0.5, 0.6) is 0 Å². The second-order valence-corrected chi connectivity index (χ2v) is 7.32. The Morgan fingerprint density at radius 1 is 1.08 bits per heavy atom. The van der Waals surface area contributed by atoms with E-state index < -0.39 is 8.56 Å². The van der Waals surface area contributed by atoms with Gasteiger partial charge < -0.3 is 8.85 Å². The molecule has 0 aliphatic rings. The molecule has 4 heteroatoms. The average Bonchev–Trinajstić information content (AvgIpc) is 2.15. The highest BCUT2D eigenvalue weighted by Crippen LogP contribution is 2.21. The fourth-order valence-corrected chi connectivity index (χ4v) is 5.13. The molecule has 0 fully saturated rings. The molecule has 0 heterocycles. The Morgan fingerprint density at radius 2 is 1.62 bits per heavy atom. The molecule has 0 saturated carbocycles. The zero-order chi connectivity index (χ0) is 10.2. The van der Waals surface area contributed by atoms with E-state index in [1.54, 1.807) is 0 Å². The summed E-state index contributed by atoms with van der Waals surface area (Å²) < 4.78 is 11.6. The van der Waals surface area contributed by atoms with Gasteiger partial charge in [-0.3, -0.25) is 0 Å². The molecule has 0 atom stereocenters. The van der Waals surface area contributed by atoms with Gasteiger partial charge in [0.05, 0.1) is 0 Å². The van der Waals surface area contributed by atoms with Crippen molar-refractivity contribution < 1.29 is 8.85 Å². The number of rotatable bonds is 8. The van der Waals surface area contributed by atoms with Crippen molar-refractivity contribution in [2.24, 2.45) is 0 Å². The van der Waals surface area contributed by atoms with Gasteiger partial charge in [0.2, 0.25) is 0 Å². The molecule has 0 spiro atoms. The average molecular weight is 269 g/mol. The SMILES string of the molecule is CCO[Si](CC)(CCCBr)OCC. The zero-order valence-electron chi connectivity index (χ0n) is 8.94. The quantitative estimate of drug-likeness (QED) is 0.497. The van der Waals surface area contributed by atoms with E-state index in [1.165, 1.54) is 0 Å². The molecule has 0 unspecified atom stereocenters. The normalized spacial score (nSPS) is 12.0. The number of hydrogen-bond acceptors (Lipinski definition) is 2. The Kier molecular flexibility index (Phi) is 8.35. The fourth-order valence-electron chi connectivity index (χ4n) is 1.43. The van der Waals surface area contributed by atoms with Gasteiger partial charge in [-0.15, -0.1) is 0 Å². The summed E-state index contributed by atoms with van der Waals surface area (Å²) in [5.41, 5.74) is 0. The molecular weight excluding hydrogens is 248 g/mol. The predicted molar refractivity (Wildman–Crippen MR) is 62.7 cm³/mol. The second kappa shape index (κ2) is 7.97. The first kappa shape index (κ1) is 13.6. The van der Waals surface area contributed by atoms with Crippen molar-refractivity contribution in [2.75, 3.05) is 18.5 Å². The Morgan fingerprint density at radius 3 is 1.92 bits per heavy atom. The van der Waals surface area contributed by atoms with Gasteiger partial charge in [0.25, 0.3) is 0 Å². The van der Waals surface area contributed by atoms with Gasteiger partial charge in [-0.1, -0.05) is 22.9 Å². The van der Waals surface area contributed by atoms with Gasteiger partial charge in [0, 0.05) is 18.5 Å². The second-order valence-electron chi connectivity index (χ2n) is 2.92. The lowest BCUT2D eigenvalue weighted by Crippen LogP contribution is -2.41. The standard InChI is InChI=1S/C9H21BrO2Si/c1-4-11-13(6-3,12-5-2)9-7-8-10/h4-9H2,1-3H3. The van der Waals surface area contributed by atoms with Crippen LogP contribution in [0, 0.1) is 0 Å². The highest BCUT2D eigenvalue weighted by molar-refractivity contribution is 9.09. The third kappa shape index (κ3) is 5.15. The number of hydrogen-bond donors (Lipinski definition) is 0. The molecule has 0 rings (SSSR count). The van der Waals surface area contributed by atoms with E-state index in [0.29, 0.717) is 0 Å². The summed E-state index contributed by atoms with van der Waals surface area (Å²) in [6, 6.07) is 2.16. The van der Waals surface area contributed by atoms with Crippen LogP contribution in [0.25, 0.3) is 0 Å². The van der Waals surface area contributed by atoms with Gasteiger partial charge in [0.15, 0.2) is 0 Å². The van der Waals surface area contributed by atoms with E-state index in [2.05, 4.69) is 22.9 Å². The van der Waals surface area contributed by atoms with Crippen LogP contribution in [0.1, 0.15) is 27.2 Å². The lowest BCUT2D eigenvalue weighted by molar-refractivity contribution is 0.183. The Balaban J connectivity index is 4.07. The van der Waals surface area contributed by atoms with Crippen LogP contribution in [-0.2, 0) is 8.85 Å². The molecule has 0 amide bonds. The molecule has 0 aromatic rings. The Hall–Kier alpha value is 0.617. The van der Waals surface area contributed by atoms with E-state index in [9.17, 15) is 0 Å². The minimum absolute atomic E-state index is 0.780. The number of alkyl halides is 1. The first-order chi connectivity index (χ1) is 6.24. The van der Waals surface area contributed by atoms with Crippen LogP contribution in [0.4, 0.5) is 0 Å². The third-order valence-corrected chi connectivity index (χ3v) is 6.43. The van der Waals surface area contributed by atoms with Crippen molar-refractivity contribution in [1.29, 1.82) is 0 Å². The summed E-state index contributed by atoms with van der Waals surface area (Å²) in [7, 11) is -1.82. The highest BCUT2D eigenvalue weighted by atomic mass is 79.9. The molecule has 0 N–H and O–H groups in total. The van der Waals surface area contributed by atoms with Crippen LogP contribution >= 0.6 is 15.9 Å². The van der Waals surface area contributed by atoms with Gasteiger partial charge >= 0.3 is 8.56 Å². The molecule has 0 bridgehead atoms. The van der Waals surface area contributed by atoms with Crippen molar-refractivity contribution >= 4 is 24.5 Å². The Labute approximate surface area is 91.4 Å². The van der Waals surface area contributed by atoms with E-state index >= 15 is 0 Å². The minimum atomic E-state index is -1.82. The molecule has 13 heavy (non-hydrogen) atoms. The van der Waals surface area contributed by atoms with Crippen LogP contribution in [0.15, 0.2) is 0 Å². The molecule has 0 saturated heterocycles. The van der Waals surface area contributed by atoms with Crippen LogP contribution in [0.3, 0.4) is 0 Å². The molecule has 0 aliphatic carbocycles.